The number of rotatable bonds is 5. The number of carbonyl (C=O) groups excluding carboxylic acids is 2. The van der Waals surface area contributed by atoms with Gasteiger partial charge >= 0.3 is 11.8 Å². The van der Waals surface area contributed by atoms with Crippen LogP contribution in [0, 0.1) is 11.6 Å². The van der Waals surface area contributed by atoms with Gasteiger partial charge in [0.15, 0.2) is 0 Å². The summed E-state index contributed by atoms with van der Waals surface area (Å²) in [5.74, 6) is -3.51. The monoisotopic (exact) mass is 392 g/mol. The average molecular weight is 392 g/mol. The highest BCUT2D eigenvalue weighted by molar-refractivity contribution is 6.39. The van der Waals surface area contributed by atoms with Crippen LogP contribution < -0.4 is 10.6 Å². The summed E-state index contributed by atoms with van der Waals surface area (Å²) in [7, 11) is 1.91. The molecule has 0 radical (unpaired) electrons. The Bertz CT molecular complexity index is 849. The van der Waals surface area contributed by atoms with Crippen LogP contribution in [0.5, 0.6) is 0 Å². The first kappa shape index (κ1) is 20.0. The van der Waals surface area contributed by atoms with Gasteiger partial charge in [-0.3, -0.25) is 14.5 Å². The van der Waals surface area contributed by atoms with Crippen LogP contribution in [0.15, 0.2) is 36.5 Å². The molecular formula is C19H22F2N4O3. The standard InChI is InChI=1S/C19H22F2N4O3/c1-24-6-2-3-16(24)17(25-7-9-28-10-8-25)12-22-18(26)19(27)23-15-11-13(20)4-5-14(15)21/h2-6,11,17H,7-10,12H2,1H3,(H,22,26)(H,23,27). The van der Waals surface area contributed by atoms with Gasteiger partial charge in [0.1, 0.15) is 11.6 Å². The molecule has 7 nitrogen and oxygen atoms in total. The fraction of sp³-hybridized carbons (Fsp3) is 0.368. The number of nitrogens with zero attached hydrogens (tertiary/aromatic N) is 2. The lowest BCUT2D eigenvalue weighted by Crippen LogP contribution is -2.46. The number of benzene rings is 1. The van der Waals surface area contributed by atoms with Crippen LogP contribution in [-0.4, -0.2) is 54.1 Å². The van der Waals surface area contributed by atoms with Crippen molar-refractivity contribution < 1.29 is 23.1 Å². The Morgan fingerprint density at radius 2 is 1.93 bits per heavy atom. The largest absolute Gasteiger partial charge is 0.379 e. The van der Waals surface area contributed by atoms with Gasteiger partial charge in [0.25, 0.3) is 0 Å². The third kappa shape index (κ3) is 4.73. The van der Waals surface area contributed by atoms with E-state index in [-0.39, 0.29) is 18.3 Å². The van der Waals surface area contributed by atoms with E-state index in [1.807, 2.05) is 29.9 Å². The second-order valence-corrected chi connectivity index (χ2v) is 6.50. The van der Waals surface area contributed by atoms with Crippen LogP contribution >= 0.6 is 0 Å². The van der Waals surface area contributed by atoms with E-state index in [1.165, 1.54) is 0 Å². The number of morpholine rings is 1. The minimum atomic E-state index is -1.06. The Labute approximate surface area is 161 Å². The Morgan fingerprint density at radius 1 is 1.18 bits per heavy atom. The second-order valence-electron chi connectivity index (χ2n) is 6.50. The lowest BCUT2D eigenvalue weighted by atomic mass is 10.1. The van der Waals surface area contributed by atoms with Gasteiger partial charge in [0.2, 0.25) is 0 Å². The van der Waals surface area contributed by atoms with E-state index in [2.05, 4.69) is 15.5 Å². The fourth-order valence-corrected chi connectivity index (χ4v) is 3.17. The molecule has 1 saturated heterocycles. The van der Waals surface area contributed by atoms with Gasteiger partial charge in [-0.2, -0.15) is 0 Å². The van der Waals surface area contributed by atoms with Crippen molar-refractivity contribution in [1.29, 1.82) is 0 Å². The van der Waals surface area contributed by atoms with Crippen LogP contribution in [0.25, 0.3) is 0 Å². The third-order valence-electron chi connectivity index (χ3n) is 4.65. The van der Waals surface area contributed by atoms with E-state index in [4.69, 9.17) is 4.74 Å². The SMILES string of the molecule is Cn1cccc1C(CNC(=O)C(=O)Nc1cc(F)ccc1F)N1CCOCC1. The summed E-state index contributed by atoms with van der Waals surface area (Å²) in [4.78, 5) is 26.4. The molecule has 2 heterocycles. The molecule has 1 fully saturated rings. The predicted molar refractivity (Wildman–Crippen MR) is 98.5 cm³/mol. The molecular weight excluding hydrogens is 370 g/mol. The minimum absolute atomic E-state index is 0.147. The first-order valence-corrected chi connectivity index (χ1v) is 8.93. The summed E-state index contributed by atoms with van der Waals surface area (Å²) in [6.45, 7) is 2.77. The van der Waals surface area contributed by atoms with Crippen molar-refractivity contribution in [2.24, 2.45) is 7.05 Å². The van der Waals surface area contributed by atoms with Crippen molar-refractivity contribution >= 4 is 17.5 Å². The smallest absolute Gasteiger partial charge is 0.313 e. The summed E-state index contributed by atoms with van der Waals surface area (Å²) < 4.78 is 34.2. The molecule has 28 heavy (non-hydrogen) atoms. The van der Waals surface area contributed by atoms with Gasteiger partial charge in [0.05, 0.1) is 24.9 Å². The first-order valence-electron chi connectivity index (χ1n) is 8.93. The Morgan fingerprint density at radius 3 is 2.61 bits per heavy atom. The molecule has 1 atom stereocenters. The van der Waals surface area contributed by atoms with Crippen LogP contribution in [0.3, 0.4) is 0 Å². The van der Waals surface area contributed by atoms with E-state index in [0.717, 1.165) is 23.9 Å². The maximum atomic E-state index is 13.6. The summed E-state index contributed by atoms with van der Waals surface area (Å²) >= 11 is 0. The normalized spacial score (nSPS) is 15.8. The number of hydrogen-bond donors (Lipinski definition) is 2. The van der Waals surface area contributed by atoms with Gasteiger partial charge in [-0.25, -0.2) is 8.78 Å². The van der Waals surface area contributed by atoms with E-state index < -0.39 is 23.4 Å². The van der Waals surface area contributed by atoms with Gasteiger partial charge in [-0.15, -0.1) is 0 Å². The van der Waals surface area contributed by atoms with Gasteiger partial charge in [0, 0.05) is 44.6 Å². The van der Waals surface area contributed by atoms with E-state index in [9.17, 15) is 18.4 Å². The molecule has 150 valence electrons. The fourth-order valence-electron chi connectivity index (χ4n) is 3.17. The van der Waals surface area contributed by atoms with Gasteiger partial charge in [-0.05, 0) is 24.3 Å². The van der Waals surface area contributed by atoms with Crippen LogP contribution in [-0.2, 0) is 21.4 Å². The van der Waals surface area contributed by atoms with Crippen molar-refractivity contribution in [1.82, 2.24) is 14.8 Å². The molecule has 0 bridgehead atoms. The number of ether oxygens (including phenoxy) is 1. The molecule has 1 aromatic heterocycles. The van der Waals surface area contributed by atoms with E-state index >= 15 is 0 Å². The van der Waals surface area contributed by atoms with Crippen molar-refractivity contribution in [2.45, 2.75) is 6.04 Å². The highest BCUT2D eigenvalue weighted by Crippen LogP contribution is 2.21. The van der Waals surface area contributed by atoms with Crippen molar-refractivity contribution in [2.75, 3.05) is 38.2 Å². The molecule has 0 spiro atoms. The van der Waals surface area contributed by atoms with Gasteiger partial charge in [-0.1, -0.05) is 0 Å². The van der Waals surface area contributed by atoms with Crippen LogP contribution in [0.1, 0.15) is 11.7 Å². The molecule has 2 N–H and O–H groups in total. The van der Waals surface area contributed by atoms with Crippen LogP contribution in [0.4, 0.5) is 14.5 Å². The molecule has 3 rings (SSSR count). The molecule has 2 amide bonds. The van der Waals surface area contributed by atoms with E-state index in [1.54, 1.807) is 0 Å². The van der Waals surface area contributed by atoms with Gasteiger partial charge < -0.3 is 19.9 Å². The average Bonchev–Trinajstić information content (AvgIpc) is 3.11. The quantitative estimate of drug-likeness (QED) is 0.755. The maximum absolute atomic E-state index is 13.6. The lowest BCUT2D eigenvalue weighted by Gasteiger charge is -2.34. The summed E-state index contributed by atoms with van der Waals surface area (Å²) in [6, 6.07) is 6.34. The highest BCUT2D eigenvalue weighted by Gasteiger charge is 2.26. The Hall–Kier alpha value is -2.78. The van der Waals surface area contributed by atoms with Crippen molar-refractivity contribution in [3.05, 3.63) is 53.9 Å². The number of amides is 2. The molecule has 0 aliphatic carbocycles. The molecule has 1 aliphatic rings. The lowest BCUT2D eigenvalue weighted by molar-refractivity contribution is -0.136. The molecule has 9 heteroatoms. The topological polar surface area (TPSA) is 75.6 Å². The zero-order chi connectivity index (χ0) is 20.1. The maximum Gasteiger partial charge on any atom is 0.313 e. The third-order valence-corrected chi connectivity index (χ3v) is 4.65. The number of halogens is 2. The molecule has 2 aromatic rings. The van der Waals surface area contributed by atoms with E-state index in [0.29, 0.717) is 26.3 Å². The number of carbonyl (C=O) groups is 2. The number of hydrogen-bond acceptors (Lipinski definition) is 4. The second kappa shape index (κ2) is 8.94. The van der Waals surface area contributed by atoms with Crippen LogP contribution in [0.2, 0.25) is 0 Å². The number of aryl methyl sites for hydroxylation is 1. The number of nitrogens with one attached hydrogen (secondary N) is 2. The Kier molecular flexibility index (Phi) is 6.37. The predicted octanol–water partition coefficient (Wildman–Crippen LogP) is 1.43. The minimum Gasteiger partial charge on any atom is -0.379 e. The number of aromatic nitrogens is 1. The number of anilines is 1. The summed E-state index contributed by atoms with van der Waals surface area (Å²) in [5.41, 5.74) is 0.603. The highest BCUT2D eigenvalue weighted by atomic mass is 19.1. The molecule has 1 aliphatic heterocycles. The molecule has 0 saturated carbocycles. The first-order chi connectivity index (χ1) is 13.5. The summed E-state index contributed by atoms with van der Waals surface area (Å²) in [6.07, 6.45) is 1.91. The molecule has 1 aromatic carbocycles. The molecule has 1 unspecified atom stereocenters. The zero-order valence-corrected chi connectivity index (χ0v) is 15.5. The Balaban J connectivity index is 1.65. The summed E-state index contributed by atoms with van der Waals surface area (Å²) in [5, 5.41) is 4.68. The zero-order valence-electron chi connectivity index (χ0n) is 15.5. The van der Waals surface area contributed by atoms with Crippen molar-refractivity contribution in [3.63, 3.8) is 0 Å². The van der Waals surface area contributed by atoms with Crippen molar-refractivity contribution in [3.8, 4) is 0 Å².